The van der Waals surface area contributed by atoms with Gasteiger partial charge < -0.3 is 0 Å². The van der Waals surface area contributed by atoms with Crippen molar-refractivity contribution in [3.05, 3.63) is 59.2 Å². The number of hydrogen-bond donors (Lipinski definition) is 0. The summed E-state index contributed by atoms with van der Waals surface area (Å²) in [7, 11) is 0. The molecule has 0 aliphatic heterocycles. The Morgan fingerprint density at radius 3 is 2.25 bits per heavy atom. The van der Waals surface area contributed by atoms with Crippen LogP contribution in [0.25, 0.3) is 11.1 Å². The van der Waals surface area contributed by atoms with E-state index in [0.717, 1.165) is 37.2 Å². The molecule has 0 saturated heterocycles. The van der Waals surface area contributed by atoms with Gasteiger partial charge in [0.25, 0.3) is 0 Å². The molecule has 1 aliphatic carbocycles. The fraction of sp³-hybridized carbons (Fsp3) is 0.520. The van der Waals surface area contributed by atoms with Crippen molar-refractivity contribution in [2.45, 2.75) is 70.6 Å². The first-order chi connectivity index (χ1) is 13.6. The molecule has 0 N–H and O–H groups in total. The lowest BCUT2D eigenvalue weighted by atomic mass is 9.77. The van der Waals surface area contributed by atoms with Crippen molar-refractivity contribution in [3.63, 3.8) is 0 Å². The third-order valence-corrected chi connectivity index (χ3v) is 6.29. The third-order valence-electron chi connectivity index (χ3n) is 6.29. The maximum Gasteiger partial charge on any atom is 0.131 e. The van der Waals surface area contributed by atoms with Crippen molar-refractivity contribution in [1.82, 2.24) is 0 Å². The summed E-state index contributed by atoms with van der Waals surface area (Å²) in [6.45, 7) is 1.51. The Kier molecular flexibility index (Phi) is 7.58. The van der Waals surface area contributed by atoms with Crippen LogP contribution in [0.4, 0.5) is 13.2 Å². The monoisotopic (exact) mass is 388 g/mol. The molecule has 1 aliphatic rings. The molecule has 3 heteroatoms. The molecule has 0 spiro atoms. The molecule has 2 aromatic carbocycles. The van der Waals surface area contributed by atoms with Crippen LogP contribution < -0.4 is 0 Å². The molecule has 1 fully saturated rings. The Hall–Kier alpha value is -1.77. The second-order valence-corrected chi connectivity index (χ2v) is 8.31. The normalized spacial score (nSPS) is 19.7. The predicted molar refractivity (Wildman–Crippen MR) is 110 cm³/mol. The van der Waals surface area contributed by atoms with Crippen LogP contribution in [0.15, 0.2) is 36.4 Å². The lowest BCUT2D eigenvalue weighted by molar-refractivity contribution is 0.301. The highest BCUT2D eigenvalue weighted by Gasteiger charge is 2.23. The zero-order chi connectivity index (χ0) is 19.9. The van der Waals surface area contributed by atoms with Gasteiger partial charge in [0.15, 0.2) is 0 Å². The molecule has 2 aromatic rings. The summed E-state index contributed by atoms with van der Waals surface area (Å²) < 4.78 is 40.7. The first-order valence-corrected chi connectivity index (χ1v) is 10.7. The molecule has 0 aromatic heterocycles. The summed E-state index contributed by atoms with van der Waals surface area (Å²) in [6, 6.07) is 10.3. The second-order valence-electron chi connectivity index (χ2n) is 8.31. The second kappa shape index (κ2) is 10.1. The maximum atomic E-state index is 14.7. The van der Waals surface area contributed by atoms with Crippen LogP contribution in [-0.2, 0) is 0 Å². The molecular formula is C25H31F3. The molecule has 0 unspecified atom stereocenters. The van der Waals surface area contributed by atoms with Crippen LogP contribution in [0.5, 0.6) is 0 Å². The smallest absolute Gasteiger partial charge is 0.131 e. The van der Waals surface area contributed by atoms with Crippen LogP contribution in [0.1, 0.15) is 74.8 Å². The Bertz CT molecular complexity index is 760. The Labute approximate surface area is 167 Å². The van der Waals surface area contributed by atoms with E-state index < -0.39 is 0 Å². The highest BCUT2D eigenvalue weighted by Crippen LogP contribution is 2.39. The van der Waals surface area contributed by atoms with Crippen LogP contribution in [0, 0.1) is 24.5 Å². The van der Waals surface area contributed by atoms with Gasteiger partial charge in [-0.2, -0.15) is 0 Å². The minimum atomic E-state index is -0.302. The van der Waals surface area contributed by atoms with Gasteiger partial charge in [-0.25, -0.2) is 8.78 Å². The van der Waals surface area contributed by atoms with Gasteiger partial charge in [0, 0.05) is 5.56 Å². The number of hydrogen-bond acceptors (Lipinski definition) is 0. The number of rotatable bonds is 8. The summed E-state index contributed by atoms with van der Waals surface area (Å²) >= 11 is 0. The molecule has 3 rings (SSSR count). The van der Waals surface area contributed by atoms with E-state index in [0.29, 0.717) is 29.0 Å². The highest BCUT2D eigenvalue weighted by molar-refractivity contribution is 5.65. The lowest BCUT2D eigenvalue weighted by Crippen LogP contribution is -2.13. The topological polar surface area (TPSA) is 0 Å². The molecular weight excluding hydrogens is 357 g/mol. The number of unbranched alkanes of at least 4 members (excludes halogenated alkanes) is 3. The van der Waals surface area contributed by atoms with E-state index in [9.17, 15) is 13.2 Å². The van der Waals surface area contributed by atoms with Crippen LogP contribution in [0.2, 0.25) is 0 Å². The number of alkyl halides is 1. The zero-order valence-electron chi connectivity index (χ0n) is 16.8. The average Bonchev–Trinajstić information content (AvgIpc) is 2.70. The van der Waals surface area contributed by atoms with Crippen molar-refractivity contribution in [2.24, 2.45) is 5.92 Å². The molecule has 28 heavy (non-hydrogen) atoms. The maximum absolute atomic E-state index is 14.7. The van der Waals surface area contributed by atoms with Crippen molar-refractivity contribution in [3.8, 4) is 11.1 Å². The fourth-order valence-corrected chi connectivity index (χ4v) is 4.45. The van der Waals surface area contributed by atoms with Gasteiger partial charge in [0.1, 0.15) is 11.6 Å². The van der Waals surface area contributed by atoms with Crippen molar-refractivity contribution in [1.29, 1.82) is 0 Å². The molecule has 0 heterocycles. The molecule has 152 valence electrons. The van der Waals surface area contributed by atoms with Gasteiger partial charge in [0.05, 0.1) is 6.67 Å². The van der Waals surface area contributed by atoms with E-state index in [1.807, 2.05) is 6.07 Å². The van der Waals surface area contributed by atoms with Crippen LogP contribution in [0.3, 0.4) is 0 Å². The van der Waals surface area contributed by atoms with Crippen LogP contribution in [-0.4, -0.2) is 6.67 Å². The number of aryl methyl sites for hydroxylation is 1. The van der Waals surface area contributed by atoms with Gasteiger partial charge in [0.2, 0.25) is 0 Å². The Balaban J connectivity index is 1.55. The SMILES string of the molecule is Cc1ccc(-c2ccc(C3CCC(CCCCCCF)CC3)cc2F)cc1F. The summed E-state index contributed by atoms with van der Waals surface area (Å²) in [5, 5.41) is 0. The quantitative estimate of drug-likeness (QED) is 0.400. The molecule has 0 amide bonds. The lowest BCUT2D eigenvalue weighted by Gasteiger charge is -2.29. The number of benzene rings is 2. The van der Waals surface area contributed by atoms with Crippen LogP contribution >= 0.6 is 0 Å². The minimum absolute atomic E-state index is 0.195. The summed E-state index contributed by atoms with van der Waals surface area (Å²) in [4.78, 5) is 0. The molecule has 0 bridgehead atoms. The number of halogens is 3. The van der Waals surface area contributed by atoms with E-state index >= 15 is 0 Å². The molecule has 0 nitrogen and oxygen atoms in total. The molecule has 0 atom stereocenters. The standard InChI is InChI=1S/C25H31F3/c1-18-7-10-22(17-24(18)27)23-14-13-21(16-25(23)28)20-11-8-19(9-12-20)6-4-2-3-5-15-26/h7,10,13-14,16-17,19-20H,2-6,8-9,11-12,15H2,1H3. The Morgan fingerprint density at radius 1 is 0.821 bits per heavy atom. The summed E-state index contributed by atoms with van der Waals surface area (Å²) in [5.41, 5.74) is 2.68. The predicted octanol–water partition coefficient (Wildman–Crippen LogP) is 8.13. The van der Waals surface area contributed by atoms with Gasteiger partial charge >= 0.3 is 0 Å². The fourth-order valence-electron chi connectivity index (χ4n) is 4.45. The van der Waals surface area contributed by atoms with E-state index in [2.05, 4.69) is 0 Å². The van der Waals surface area contributed by atoms with E-state index in [4.69, 9.17) is 0 Å². The summed E-state index contributed by atoms with van der Waals surface area (Å²) in [5.74, 6) is 0.613. The van der Waals surface area contributed by atoms with E-state index in [1.54, 1.807) is 31.2 Å². The van der Waals surface area contributed by atoms with E-state index in [1.165, 1.54) is 31.7 Å². The largest absolute Gasteiger partial charge is 0.251 e. The van der Waals surface area contributed by atoms with Crippen molar-refractivity contribution < 1.29 is 13.2 Å². The van der Waals surface area contributed by atoms with Crippen molar-refractivity contribution >= 4 is 0 Å². The van der Waals surface area contributed by atoms with Gasteiger partial charge in [-0.05, 0) is 79.7 Å². The van der Waals surface area contributed by atoms with E-state index in [-0.39, 0.29) is 18.3 Å². The van der Waals surface area contributed by atoms with Gasteiger partial charge in [-0.15, -0.1) is 0 Å². The first kappa shape index (κ1) is 21.0. The average molecular weight is 389 g/mol. The van der Waals surface area contributed by atoms with Gasteiger partial charge in [-0.1, -0.05) is 49.9 Å². The Morgan fingerprint density at radius 2 is 1.57 bits per heavy atom. The van der Waals surface area contributed by atoms with Crippen molar-refractivity contribution in [2.75, 3.05) is 6.67 Å². The highest BCUT2D eigenvalue weighted by atomic mass is 19.1. The third kappa shape index (κ3) is 5.40. The molecule has 1 saturated carbocycles. The van der Waals surface area contributed by atoms with Gasteiger partial charge in [-0.3, -0.25) is 4.39 Å². The molecule has 0 radical (unpaired) electrons. The summed E-state index contributed by atoms with van der Waals surface area (Å²) in [6.07, 6.45) is 9.87. The zero-order valence-corrected chi connectivity index (χ0v) is 16.8. The minimum Gasteiger partial charge on any atom is -0.251 e. The first-order valence-electron chi connectivity index (χ1n) is 10.7.